The van der Waals surface area contributed by atoms with E-state index < -0.39 is 0 Å². The van der Waals surface area contributed by atoms with E-state index in [9.17, 15) is 9.59 Å². The zero-order valence-corrected chi connectivity index (χ0v) is 18.3. The smallest absolute Gasteiger partial charge is 0.227 e. The molecule has 6 nitrogen and oxygen atoms in total. The molecule has 3 fully saturated rings. The number of aryl methyl sites for hydroxylation is 2. The quantitative estimate of drug-likeness (QED) is 0.812. The number of hydrogen-bond donors (Lipinski definition) is 1. The fourth-order valence-electron chi connectivity index (χ4n) is 4.74. The first-order valence-corrected chi connectivity index (χ1v) is 10.6. The minimum Gasteiger partial charge on any atom is -0.341 e. The molecular weight excluding hydrogens is 388 g/mol. The van der Waals surface area contributed by atoms with E-state index in [-0.39, 0.29) is 30.1 Å². The molecule has 0 aliphatic carbocycles. The van der Waals surface area contributed by atoms with Crippen LogP contribution in [0.4, 0.5) is 5.69 Å². The van der Waals surface area contributed by atoms with E-state index in [0.717, 1.165) is 51.4 Å². The average molecular weight is 421 g/mol. The molecule has 2 unspecified atom stereocenters. The molecule has 29 heavy (non-hydrogen) atoms. The van der Waals surface area contributed by atoms with Crippen molar-refractivity contribution in [3.63, 3.8) is 0 Å². The molecule has 0 aromatic heterocycles. The Kier molecular flexibility index (Phi) is 7.19. The number of likely N-dealkylation sites (tertiary alicyclic amines) is 1. The third kappa shape index (κ3) is 4.76. The van der Waals surface area contributed by atoms with Gasteiger partial charge >= 0.3 is 0 Å². The summed E-state index contributed by atoms with van der Waals surface area (Å²) >= 11 is 0. The molecule has 3 aliphatic heterocycles. The lowest BCUT2D eigenvalue weighted by atomic mass is 9.95. The number of nitrogens with zero attached hydrogens (tertiary/aromatic N) is 3. The summed E-state index contributed by atoms with van der Waals surface area (Å²) in [6.07, 6.45) is 2.20. The predicted molar refractivity (Wildman–Crippen MR) is 118 cm³/mol. The number of halogens is 1. The van der Waals surface area contributed by atoms with Crippen LogP contribution in [0.3, 0.4) is 0 Å². The van der Waals surface area contributed by atoms with Gasteiger partial charge in [-0.1, -0.05) is 6.07 Å². The number of carbonyl (C=O) groups excluding carboxylic acids is 2. The second-order valence-electron chi connectivity index (χ2n) is 8.52. The maximum absolute atomic E-state index is 13.2. The molecule has 3 heterocycles. The van der Waals surface area contributed by atoms with E-state index in [0.29, 0.717) is 25.4 Å². The van der Waals surface area contributed by atoms with Crippen molar-refractivity contribution in [1.29, 1.82) is 0 Å². The van der Waals surface area contributed by atoms with Crippen LogP contribution in [-0.4, -0.2) is 73.5 Å². The zero-order chi connectivity index (χ0) is 19.7. The summed E-state index contributed by atoms with van der Waals surface area (Å²) in [6, 6.07) is 6.62. The molecule has 0 saturated carbocycles. The maximum Gasteiger partial charge on any atom is 0.227 e. The van der Waals surface area contributed by atoms with Crippen molar-refractivity contribution >= 4 is 29.9 Å². The first-order chi connectivity index (χ1) is 13.5. The topological polar surface area (TPSA) is 55.9 Å². The van der Waals surface area contributed by atoms with E-state index in [1.54, 1.807) is 0 Å². The lowest BCUT2D eigenvalue weighted by molar-refractivity contribution is -0.135. The van der Waals surface area contributed by atoms with Gasteiger partial charge in [0.15, 0.2) is 0 Å². The van der Waals surface area contributed by atoms with Gasteiger partial charge in [0.1, 0.15) is 0 Å². The standard InChI is InChI=1S/C22H32N4O2.ClH/c1-16-3-5-19(13-17(16)2)26-14-18(4-6-21(26)27)22(28)25-10-7-20(15-25)24-11-8-23-9-12-24;/h3,5,13,18,20,23H,4,6-12,14-15H2,1-2H3;1H. The molecule has 0 bridgehead atoms. The highest BCUT2D eigenvalue weighted by Crippen LogP contribution is 2.28. The van der Waals surface area contributed by atoms with Crippen LogP contribution >= 0.6 is 12.4 Å². The van der Waals surface area contributed by atoms with Crippen molar-refractivity contribution in [2.24, 2.45) is 5.92 Å². The second-order valence-corrected chi connectivity index (χ2v) is 8.52. The van der Waals surface area contributed by atoms with Crippen molar-refractivity contribution in [2.75, 3.05) is 50.7 Å². The third-order valence-corrected chi connectivity index (χ3v) is 6.71. The van der Waals surface area contributed by atoms with Crippen LogP contribution in [0.1, 0.15) is 30.4 Å². The number of hydrogen-bond acceptors (Lipinski definition) is 4. The summed E-state index contributed by atoms with van der Waals surface area (Å²) in [5.41, 5.74) is 3.32. The Labute approximate surface area is 180 Å². The summed E-state index contributed by atoms with van der Waals surface area (Å²) in [7, 11) is 0. The number of nitrogens with one attached hydrogen (secondary N) is 1. The average Bonchev–Trinajstić information content (AvgIpc) is 3.21. The largest absolute Gasteiger partial charge is 0.341 e. The van der Waals surface area contributed by atoms with Gasteiger partial charge in [0.05, 0.1) is 5.92 Å². The van der Waals surface area contributed by atoms with Gasteiger partial charge in [-0.3, -0.25) is 14.5 Å². The highest BCUT2D eigenvalue weighted by molar-refractivity contribution is 5.96. The lowest BCUT2D eigenvalue weighted by Gasteiger charge is -2.35. The number of benzene rings is 1. The number of amides is 2. The molecule has 1 aromatic rings. The normalized spacial score (nSPS) is 25.8. The van der Waals surface area contributed by atoms with Gasteiger partial charge < -0.3 is 15.1 Å². The number of piperidine rings is 1. The predicted octanol–water partition coefficient (Wildman–Crippen LogP) is 1.97. The van der Waals surface area contributed by atoms with E-state index >= 15 is 0 Å². The van der Waals surface area contributed by atoms with Crippen LogP contribution in [0.5, 0.6) is 0 Å². The summed E-state index contributed by atoms with van der Waals surface area (Å²) in [5.74, 6) is 0.285. The molecular formula is C22H33ClN4O2. The molecule has 0 radical (unpaired) electrons. The third-order valence-electron chi connectivity index (χ3n) is 6.71. The first kappa shape index (κ1) is 22.1. The monoisotopic (exact) mass is 420 g/mol. The summed E-state index contributed by atoms with van der Waals surface area (Å²) < 4.78 is 0. The van der Waals surface area contributed by atoms with Crippen molar-refractivity contribution in [2.45, 2.75) is 39.2 Å². The maximum atomic E-state index is 13.2. The van der Waals surface area contributed by atoms with Gasteiger partial charge in [0.25, 0.3) is 0 Å². The Bertz CT molecular complexity index is 750. The minimum absolute atomic E-state index is 0. The number of rotatable bonds is 3. The van der Waals surface area contributed by atoms with E-state index in [2.05, 4.69) is 36.2 Å². The van der Waals surface area contributed by atoms with Gasteiger partial charge in [-0.2, -0.15) is 0 Å². The summed E-state index contributed by atoms with van der Waals surface area (Å²) in [6.45, 7) is 10.6. The highest BCUT2D eigenvalue weighted by atomic mass is 35.5. The molecule has 7 heteroatoms. The van der Waals surface area contributed by atoms with Crippen molar-refractivity contribution in [1.82, 2.24) is 15.1 Å². The number of carbonyl (C=O) groups is 2. The first-order valence-electron chi connectivity index (χ1n) is 10.6. The molecule has 1 aromatic carbocycles. The fourth-order valence-corrected chi connectivity index (χ4v) is 4.74. The van der Waals surface area contributed by atoms with E-state index in [1.807, 2.05) is 15.9 Å². The molecule has 0 spiro atoms. The Morgan fingerprint density at radius 1 is 1.03 bits per heavy atom. The highest BCUT2D eigenvalue weighted by Gasteiger charge is 2.37. The Morgan fingerprint density at radius 2 is 1.79 bits per heavy atom. The lowest BCUT2D eigenvalue weighted by Crippen LogP contribution is -2.50. The van der Waals surface area contributed by atoms with E-state index in [4.69, 9.17) is 0 Å². The summed E-state index contributed by atoms with van der Waals surface area (Å²) in [5, 5.41) is 3.40. The molecule has 160 valence electrons. The molecule has 1 N–H and O–H groups in total. The SMILES string of the molecule is Cc1ccc(N2CC(C(=O)N3CCC(N4CCNCC4)C3)CCC2=O)cc1C.Cl. The Hall–Kier alpha value is -1.63. The number of piperazine rings is 1. The van der Waals surface area contributed by atoms with Crippen LogP contribution in [0, 0.1) is 19.8 Å². The summed E-state index contributed by atoms with van der Waals surface area (Å²) in [4.78, 5) is 32.1. The van der Waals surface area contributed by atoms with Gasteiger partial charge in [0.2, 0.25) is 11.8 Å². The molecule has 4 rings (SSSR count). The molecule has 2 amide bonds. The van der Waals surface area contributed by atoms with Crippen molar-refractivity contribution < 1.29 is 9.59 Å². The van der Waals surface area contributed by atoms with Crippen molar-refractivity contribution in [3.8, 4) is 0 Å². The second kappa shape index (κ2) is 9.45. The van der Waals surface area contributed by atoms with Crippen LogP contribution in [0.25, 0.3) is 0 Å². The Morgan fingerprint density at radius 3 is 2.52 bits per heavy atom. The fraction of sp³-hybridized carbons (Fsp3) is 0.636. The van der Waals surface area contributed by atoms with Gasteiger partial charge in [-0.05, 0) is 49.9 Å². The number of anilines is 1. The van der Waals surface area contributed by atoms with Crippen LogP contribution < -0.4 is 10.2 Å². The van der Waals surface area contributed by atoms with E-state index in [1.165, 1.54) is 11.1 Å². The zero-order valence-electron chi connectivity index (χ0n) is 17.5. The molecule has 3 saturated heterocycles. The molecule has 2 atom stereocenters. The molecule has 3 aliphatic rings. The van der Waals surface area contributed by atoms with Gasteiger partial charge in [0, 0.05) is 64.0 Å². The van der Waals surface area contributed by atoms with Crippen LogP contribution in [0.2, 0.25) is 0 Å². The van der Waals surface area contributed by atoms with Crippen molar-refractivity contribution in [3.05, 3.63) is 29.3 Å². The van der Waals surface area contributed by atoms with Crippen LogP contribution in [0.15, 0.2) is 18.2 Å². The van der Waals surface area contributed by atoms with Crippen LogP contribution in [-0.2, 0) is 9.59 Å². The Balaban J connectivity index is 0.00000240. The minimum atomic E-state index is -0.0823. The van der Waals surface area contributed by atoms with Gasteiger partial charge in [-0.15, -0.1) is 12.4 Å². The van der Waals surface area contributed by atoms with Gasteiger partial charge in [-0.25, -0.2) is 0 Å².